The van der Waals surface area contributed by atoms with E-state index in [1.165, 1.54) is 5.56 Å². The molecule has 5 nitrogen and oxygen atoms in total. The fraction of sp³-hybridized carbons (Fsp3) is 0.231. The second-order valence-electron chi connectivity index (χ2n) is 7.84. The van der Waals surface area contributed by atoms with Crippen molar-refractivity contribution in [2.24, 2.45) is 0 Å². The zero-order chi connectivity index (χ0) is 22.5. The van der Waals surface area contributed by atoms with Gasteiger partial charge in [0.2, 0.25) is 5.91 Å². The third-order valence-electron chi connectivity index (χ3n) is 5.64. The molecule has 1 aliphatic heterocycles. The molecule has 32 heavy (non-hydrogen) atoms. The van der Waals surface area contributed by atoms with Gasteiger partial charge >= 0.3 is 0 Å². The lowest BCUT2D eigenvalue weighted by atomic mass is 9.94. The van der Waals surface area contributed by atoms with Gasteiger partial charge in [-0.2, -0.15) is 0 Å². The third-order valence-corrected chi connectivity index (χ3v) is 6.62. The Kier molecular flexibility index (Phi) is 6.93. The first-order valence-corrected chi connectivity index (χ1v) is 11.5. The van der Waals surface area contributed by atoms with Crippen molar-refractivity contribution < 1.29 is 14.3 Å². The van der Waals surface area contributed by atoms with Crippen LogP contribution in [0.15, 0.2) is 78.9 Å². The normalized spacial score (nSPS) is 17.6. The van der Waals surface area contributed by atoms with Crippen LogP contribution in [0.5, 0.6) is 5.75 Å². The summed E-state index contributed by atoms with van der Waals surface area (Å²) in [7, 11) is 1.67. The van der Waals surface area contributed by atoms with Crippen LogP contribution in [0.2, 0.25) is 0 Å². The highest BCUT2D eigenvalue weighted by Crippen LogP contribution is 2.29. The van der Waals surface area contributed by atoms with Gasteiger partial charge in [-0.05, 0) is 47.7 Å². The zero-order valence-electron chi connectivity index (χ0n) is 18.1. The van der Waals surface area contributed by atoms with E-state index in [4.69, 9.17) is 4.74 Å². The van der Waals surface area contributed by atoms with E-state index in [2.05, 4.69) is 54.0 Å². The zero-order valence-corrected chi connectivity index (χ0v) is 18.9. The van der Waals surface area contributed by atoms with E-state index in [0.717, 1.165) is 34.2 Å². The Morgan fingerprint density at radius 3 is 2.31 bits per heavy atom. The summed E-state index contributed by atoms with van der Waals surface area (Å²) in [6.07, 6.45) is 0.519. The molecule has 2 amide bonds. The maximum Gasteiger partial charge on any atom is 0.286 e. The number of carbonyl (C=O) groups is 2. The van der Waals surface area contributed by atoms with Gasteiger partial charge in [-0.15, -0.1) is 0 Å². The molecule has 0 saturated carbocycles. The molecule has 1 fully saturated rings. The summed E-state index contributed by atoms with van der Waals surface area (Å²) in [6, 6.07) is 26.7. The van der Waals surface area contributed by atoms with Crippen molar-refractivity contribution in [3.05, 3.63) is 101 Å². The van der Waals surface area contributed by atoms with Gasteiger partial charge in [0, 0.05) is 6.04 Å². The van der Waals surface area contributed by atoms with Crippen LogP contribution in [-0.2, 0) is 11.2 Å². The lowest BCUT2D eigenvalue weighted by Gasteiger charge is -2.25. The number of thioether (sulfide) groups is 1. The molecule has 1 saturated heterocycles. The molecule has 3 atom stereocenters. The molecular formula is C26H26N2O3S. The molecule has 164 valence electrons. The average molecular weight is 447 g/mol. The second kappa shape index (κ2) is 10.0. The molecule has 0 aliphatic carbocycles. The Morgan fingerprint density at radius 1 is 0.938 bits per heavy atom. The second-order valence-corrected chi connectivity index (χ2v) is 9.01. The Balaban J connectivity index is 1.59. The average Bonchev–Trinajstić information content (AvgIpc) is 3.14. The molecule has 0 aromatic heterocycles. The maximum absolute atomic E-state index is 12.0. The van der Waals surface area contributed by atoms with Gasteiger partial charge in [-0.1, -0.05) is 78.5 Å². The van der Waals surface area contributed by atoms with Gasteiger partial charge in [0.05, 0.1) is 18.4 Å². The largest absolute Gasteiger partial charge is 0.497 e. The van der Waals surface area contributed by atoms with Crippen LogP contribution >= 0.6 is 11.8 Å². The standard InChI is InChI=1S/C26H26N2O3S/c1-17(19-11-13-22(31-2)14-12-19)27-24(20-8-4-3-5-9-20)21-10-6-7-18(15-21)16-23-25(29)28-26(30)32-23/h3-15,17,23-24,27H,16H2,1-2H3,(H,28,29,30). The van der Waals surface area contributed by atoms with E-state index < -0.39 is 0 Å². The molecule has 2 N–H and O–H groups in total. The van der Waals surface area contributed by atoms with Gasteiger partial charge < -0.3 is 4.74 Å². The Labute approximate surface area is 192 Å². The van der Waals surface area contributed by atoms with Crippen LogP contribution < -0.4 is 15.4 Å². The van der Waals surface area contributed by atoms with Crippen molar-refractivity contribution in [2.45, 2.75) is 30.7 Å². The molecule has 1 aliphatic rings. The van der Waals surface area contributed by atoms with Gasteiger partial charge in [-0.25, -0.2) is 0 Å². The van der Waals surface area contributed by atoms with Crippen LogP contribution in [0.3, 0.4) is 0 Å². The fourth-order valence-electron chi connectivity index (χ4n) is 3.91. The van der Waals surface area contributed by atoms with Gasteiger partial charge in [0.15, 0.2) is 0 Å². The molecule has 6 heteroatoms. The maximum atomic E-state index is 12.0. The minimum absolute atomic E-state index is 0.0278. The van der Waals surface area contributed by atoms with E-state index in [1.54, 1.807) is 7.11 Å². The van der Waals surface area contributed by atoms with Crippen LogP contribution in [0, 0.1) is 0 Å². The summed E-state index contributed by atoms with van der Waals surface area (Å²) < 4.78 is 5.28. The van der Waals surface area contributed by atoms with E-state index in [0.29, 0.717) is 6.42 Å². The van der Waals surface area contributed by atoms with E-state index in [1.807, 2.05) is 42.5 Å². The molecular weight excluding hydrogens is 420 g/mol. The number of ether oxygens (including phenoxy) is 1. The van der Waals surface area contributed by atoms with Crippen LogP contribution in [0.25, 0.3) is 0 Å². The third kappa shape index (κ3) is 5.21. The smallest absolute Gasteiger partial charge is 0.286 e. The summed E-state index contributed by atoms with van der Waals surface area (Å²) in [5.74, 6) is 0.622. The van der Waals surface area contributed by atoms with Crippen molar-refractivity contribution in [3.63, 3.8) is 0 Å². The number of hydrogen-bond donors (Lipinski definition) is 2. The lowest BCUT2D eigenvalue weighted by molar-refractivity contribution is -0.118. The SMILES string of the molecule is COc1ccc(C(C)NC(c2ccccc2)c2cccc(CC3SC(=O)NC3=O)c2)cc1. The molecule has 0 bridgehead atoms. The fourth-order valence-corrected chi connectivity index (χ4v) is 4.77. The highest BCUT2D eigenvalue weighted by molar-refractivity contribution is 8.15. The molecule has 0 spiro atoms. The monoisotopic (exact) mass is 446 g/mol. The number of imide groups is 1. The molecule has 3 aromatic carbocycles. The highest BCUT2D eigenvalue weighted by atomic mass is 32.2. The van der Waals surface area contributed by atoms with E-state index >= 15 is 0 Å². The summed E-state index contributed by atoms with van der Waals surface area (Å²) in [5.41, 5.74) is 4.47. The number of amides is 2. The van der Waals surface area contributed by atoms with Crippen LogP contribution in [0.4, 0.5) is 4.79 Å². The van der Waals surface area contributed by atoms with Crippen molar-refractivity contribution in [2.75, 3.05) is 7.11 Å². The van der Waals surface area contributed by atoms with Crippen molar-refractivity contribution in [1.29, 1.82) is 0 Å². The first-order chi connectivity index (χ1) is 15.5. The first kappa shape index (κ1) is 22.1. The summed E-state index contributed by atoms with van der Waals surface area (Å²) in [4.78, 5) is 23.5. The Hall–Kier alpha value is -3.09. The lowest BCUT2D eigenvalue weighted by Crippen LogP contribution is -2.26. The number of hydrogen-bond acceptors (Lipinski definition) is 5. The van der Waals surface area contributed by atoms with Gasteiger partial charge in [0.1, 0.15) is 5.75 Å². The predicted molar refractivity (Wildman–Crippen MR) is 128 cm³/mol. The molecule has 0 radical (unpaired) electrons. The number of methoxy groups -OCH3 is 1. The minimum Gasteiger partial charge on any atom is -0.497 e. The molecule has 1 heterocycles. The summed E-state index contributed by atoms with van der Waals surface area (Å²) in [5, 5.41) is 5.48. The number of benzene rings is 3. The van der Waals surface area contributed by atoms with Crippen molar-refractivity contribution >= 4 is 22.9 Å². The number of carbonyl (C=O) groups excluding carboxylic acids is 2. The van der Waals surface area contributed by atoms with Gasteiger partial charge in [-0.3, -0.25) is 20.2 Å². The van der Waals surface area contributed by atoms with E-state index in [-0.39, 0.29) is 28.5 Å². The Bertz CT molecular complexity index is 1090. The van der Waals surface area contributed by atoms with Crippen molar-refractivity contribution in [3.8, 4) is 5.75 Å². The molecule has 3 aromatic rings. The van der Waals surface area contributed by atoms with E-state index in [9.17, 15) is 9.59 Å². The molecule has 4 rings (SSSR count). The first-order valence-electron chi connectivity index (χ1n) is 10.6. The quantitative estimate of drug-likeness (QED) is 0.508. The topological polar surface area (TPSA) is 67.4 Å². The van der Waals surface area contributed by atoms with Crippen LogP contribution in [0.1, 0.15) is 41.3 Å². The summed E-state index contributed by atoms with van der Waals surface area (Å²) >= 11 is 1.06. The van der Waals surface area contributed by atoms with Crippen molar-refractivity contribution in [1.82, 2.24) is 10.6 Å². The molecule has 3 unspecified atom stereocenters. The Morgan fingerprint density at radius 2 is 1.66 bits per heavy atom. The van der Waals surface area contributed by atoms with Gasteiger partial charge in [0.25, 0.3) is 5.24 Å². The number of nitrogens with one attached hydrogen (secondary N) is 2. The predicted octanol–water partition coefficient (Wildman–Crippen LogP) is 5.03. The highest BCUT2D eigenvalue weighted by Gasteiger charge is 2.31. The minimum atomic E-state index is -0.376. The number of rotatable bonds is 8. The summed E-state index contributed by atoms with van der Waals surface area (Å²) in [6.45, 7) is 2.15. The van der Waals surface area contributed by atoms with Crippen LogP contribution in [-0.4, -0.2) is 23.5 Å².